The van der Waals surface area contributed by atoms with Crippen LogP contribution in [0.5, 0.6) is 0 Å². The first-order valence-electron chi connectivity index (χ1n) is 7.03. The molecule has 0 radical (unpaired) electrons. The van der Waals surface area contributed by atoms with Crippen LogP contribution in [0.1, 0.15) is 38.3 Å². The van der Waals surface area contributed by atoms with Crippen LogP contribution in [0, 0.1) is 5.92 Å². The molecule has 1 aromatic rings. The van der Waals surface area contributed by atoms with Crippen LogP contribution >= 0.6 is 0 Å². The average Bonchev–Trinajstić information content (AvgIpc) is 2.37. The number of amides is 1. The van der Waals surface area contributed by atoms with Crippen LogP contribution < -0.4 is 5.32 Å². The first-order valence-corrected chi connectivity index (χ1v) is 7.03. The van der Waals surface area contributed by atoms with Crippen LogP contribution in [0.15, 0.2) is 24.3 Å². The summed E-state index contributed by atoms with van der Waals surface area (Å²) in [5.41, 5.74) is 2.08. The van der Waals surface area contributed by atoms with E-state index in [-0.39, 0.29) is 18.2 Å². The van der Waals surface area contributed by atoms with Gasteiger partial charge in [-0.2, -0.15) is 0 Å². The van der Waals surface area contributed by atoms with E-state index >= 15 is 0 Å². The molecule has 1 amide bonds. The minimum Gasteiger partial charge on any atom is -0.480 e. The Morgan fingerprint density at radius 1 is 1.20 bits per heavy atom. The highest BCUT2D eigenvalue weighted by Crippen LogP contribution is 2.11. The predicted octanol–water partition coefficient (Wildman–Crippen LogP) is 2.41. The average molecular weight is 277 g/mol. The molecular formula is C16H23NO3. The highest BCUT2D eigenvalue weighted by atomic mass is 16.4. The zero-order valence-electron chi connectivity index (χ0n) is 12.3. The minimum atomic E-state index is -0.976. The van der Waals surface area contributed by atoms with Crippen molar-refractivity contribution in [3.63, 3.8) is 0 Å². The number of aryl methyl sites for hydroxylation is 1. The van der Waals surface area contributed by atoms with Gasteiger partial charge < -0.3 is 10.4 Å². The number of hydrogen-bond acceptors (Lipinski definition) is 2. The zero-order chi connectivity index (χ0) is 15.1. The van der Waals surface area contributed by atoms with Crippen LogP contribution in [0.2, 0.25) is 0 Å². The number of carbonyl (C=O) groups excluding carboxylic acids is 1. The second-order valence-electron chi connectivity index (χ2n) is 5.39. The Morgan fingerprint density at radius 2 is 1.80 bits per heavy atom. The van der Waals surface area contributed by atoms with Gasteiger partial charge in [0.25, 0.3) is 0 Å². The van der Waals surface area contributed by atoms with Crippen molar-refractivity contribution < 1.29 is 14.7 Å². The minimum absolute atomic E-state index is 0.222. The lowest BCUT2D eigenvalue weighted by Crippen LogP contribution is -2.42. The molecule has 1 aromatic carbocycles. The van der Waals surface area contributed by atoms with Crippen LogP contribution in [0.4, 0.5) is 0 Å². The van der Waals surface area contributed by atoms with Gasteiger partial charge in [-0.15, -0.1) is 0 Å². The van der Waals surface area contributed by atoms with Gasteiger partial charge in [0.05, 0.1) is 6.42 Å². The lowest BCUT2D eigenvalue weighted by molar-refractivity contribution is -0.142. The monoisotopic (exact) mass is 277 g/mol. The summed E-state index contributed by atoms with van der Waals surface area (Å²) in [4.78, 5) is 23.1. The van der Waals surface area contributed by atoms with E-state index in [1.807, 2.05) is 45.0 Å². The number of hydrogen-bond donors (Lipinski definition) is 2. The van der Waals surface area contributed by atoms with E-state index in [0.29, 0.717) is 6.42 Å². The van der Waals surface area contributed by atoms with Crippen molar-refractivity contribution in [2.24, 2.45) is 5.92 Å². The molecule has 0 unspecified atom stereocenters. The standard InChI is InChI=1S/C16H23NO3/c1-4-12-7-5-6-8-13(12)10-15(18)17-14(16(19)20)9-11(2)3/h5-8,11,14H,4,9-10H2,1-3H3,(H,17,18)(H,19,20)/t14-/m0/s1. The molecule has 0 aliphatic carbocycles. The molecule has 0 saturated carbocycles. The fourth-order valence-corrected chi connectivity index (χ4v) is 2.19. The fourth-order valence-electron chi connectivity index (χ4n) is 2.19. The van der Waals surface area contributed by atoms with Gasteiger partial charge in [-0.1, -0.05) is 45.0 Å². The van der Waals surface area contributed by atoms with Crippen molar-refractivity contribution in [3.05, 3.63) is 35.4 Å². The molecule has 4 nitrogen and oxygen atoms in total. The smallest absolute Gasteiger partial charge is 0.326 e. The summed E-state index contributed by atoms with van der Waals surface area (Å²) in [7, 11) is 0. The zero-order valence-corrected chi connectivity index (χ0v) is 12.3. The summed E-state index contributed by atoms with van der Waals surface area (Å²) in [6, 6.07) is 6.93. The van der Waals surface area contributed by atoms with Crippen molar-refractivity contribution in [1.82, 2.24) is 5.32 Å². The summed E-state index contributed by atoms with van der Waals surface area (Å²) < 4.78 is 0. The molecule has 1 rings (SSSR count). The maximum absolute atomic E-state index is 12.0. The normalized spacial score (nSPS) is 12.2. The van der Waals surface area contributed by atoms with Gasteiger partial charge in [0.1, 0.15) is 6.04 Å². The van der Waals surface area contributed by atoms with Crippen LogP contribution in [0.25, 0.3) is 0 Å². The van der Waals surface area contributed by atoms with E-state index in [1.54, 1.807) is 0 Å². The molecule has 4 heteroatoms. The Bertz CT molecular complexity index is 469. The lowest BCUT2D eigenvalue weighted by atomic mass is 10.0. The molecule has 110 valence electrons. The van der Waals surface area contributed by atoms with Crippen LogP contribution in [-0.2, 0) is 22.4 Å². The third-order valence-corrected chi connectivity index (χ3v) is 3.19. The lowest BCUT2D eigenvalue weighted by Gasteiger charge is -2.17. The third-order valence-electron chi connectivity index (χ3n) is 3.19. The third kappa shape index (κ3) is 5.03. The maximum Gasteiger partial charge on any atom is 0.326 e. The van der Waals surface area contributed by atoms with Gasteiger partial charge in [-0.25, -0.2) is 4.79 Å². The van der Waals surface area contributed by atoms with Crippen molar-refractivity contribution >= 4 is 11.9 Å². The maximum atomic E-state index is 12.0. The second-order valence-corrected chi connectivity index (χ2v) is 5.39. The number of aliphatic carboxylic acids is 1. The molecule has 0 spiro atoms. The molecule has 0 bridgehead atoms. The molecule has 0 aromatic heterocycles. The molecule has 0 heterocycles. The molecule has 20 heavy (non-hydrogen) atoms. The summed E-state index contributed by atoms with van der Waals surface area (Å²) in [6.45, 7) is 5.92. The molecule has 2 N–H and O–H groups in total. The summed E-state index contributed by atoms with van der Waals surface area (Å²) in [6.07, 6.45) is 1.53. The van der Waals surface area contributed by atoms with Gasteiger partial charge in [-0.3, -0.25) is 4.79 Å². The number of carboxylic acid groups (broad SMARTS) is 1. The molecular weight excluding hydrogens is 254 g/mol. The molecule has 1 atom stereocenters. The number of carbonyl (C=O) groups is 2. The molecule has 0 fully saturated rings. The highest BCUT2D eigenvalue weighted by Gasteiger charge is 2.21. The SMILES string of the molecule is CCc1ccccc1CC(=O)N[C@@H](CC(C)C)C(=O)O. The van der Waals surface area contributed by atoms with E-state index in [0.717, 1.165) is 17.5 Å². The molecule has 0 aliphatic rings. The fraction of sp³-hybridized carbons (Fsp3) is 0.500. The van der Waals surface area contributed by atoms with Crippen molar-refractivity contribution in [1.29, 1.82) is 0 Å². The number of nitrogens with one attached hydrogen (secondary N) is 1. The Kier molecular flexibility index (Phi) is 6.22. The number of rotatable bonds is 7. The van der Waals surface area contributed by atoms with Gasteiger partial charge in [0.2, 0.25) is 5.91 Å². The molecule has 0 saturated heterocycles. The molecule has 0 aliphatic heterocycles. The Hall–Kier alpha value is -1.84. The van der Waals surface area contributed by atoms with Crippen molar-refractivity contribution in [2.45, 2.75) is 46.1 Å². The Balaban J connectivity index is 2.68. The second kappa shape index (κ2) is 7.68. The van der Waals surface area contributed by atoms with E-state index < -0.39 is 12.0 Å². The number of benzene rings is 1. The van der Waals surface area contributed by atoms with Gasteiger partial charge in [-0.05, 0) is 29.9 Å². The number of carboxylic acids is 1. The van der Waals surface area contributed by atoms with E-state index in [9.17, 15) is 9.59 Å². The van der Waals surface area contributed by atoms with Gasteiger partial charge >= 0.3 is 5.97 Å². The van der Waals surface area contributed by atoms with E-state index in [4.69, 9.17) is 5.11 Å². The summed E-state index contributed by atoms with van der Waals surface area (Å²) >= 11 is 0. The highest BCUT2D eigenvalue weighted by molar-refractivity contribution is 5.85. The Labute approximate surface area is 120 Å². The van der Waals surface area contributed by atoms with Gasteiger partial charge in [0, 0.05) is 0 Å². The van der Waals surface area contributed by atoms with Gasteiger partial charge in [0.15, 0.2) is 0 Å². The van der Waals surface area contributed by atoms with Crippen LogP contribution in [0.3, 0.4) is 0 Å². The van der Waals surface area contributed by atoms with E-state index in [2.05, 4.69) is 5.32 Å². The summed E-state index contributed by atoms with van der Waals surface area (Å²) in [5, 5.41) is 11.7. The topological polar surface area (TPSA) is 66.4 Å². The van der Waals surface area contributed by atoms with Crippen LogP contribution in [-0.4, -0.2) is 23.0 Å². The summed E-state index contributed by atoms with van der Waals surface area (Å²) in [5.74, 6) is -0.992. The Morgan fingerprint density at radius 3 is 2.30 bits per heavy atom. The largest absolute Gasteiger partial charge is 0.480 e. The predicted molar refractivity (Wildman–Crippen MR) is 78.5 cm³/mol. The quantitative estimate of drug-likeness (QED) is 0.804. The first kappa shape index (κ1) is 16.2. The van der Waals surface area contributed by atoms with E-state index in [1.165, 1.54) is 0 Å². The van der Waals surface area contributed by atoms with Crippen molar-refractivity contribution in [3.8, 4) is 0 Å². The van der Waals surface area contributed by atoms with Crippen molar-refractivity contribution in [2.75, 3.05) is 0 Å². The first-order chi connectivity index (χ1) is 9.43.